The molecule has 4 aliphatic heterocycles. The van der Waals surface area contributed by atoms with Crippen molar-refractivity contribution in [1.29, 1.82) is 0 Å². The number of amides is 2. The molecule has 2 aromatic rings. The molecule has 1 spiro atoms. The van der Waals surface area contributed by atoms with Crippen molar-refractivity contribution in [2.24, 2.45) is 11.8 Å². The first-order valence-electron chi connectivity index (χ1n) is 15.4. The summed E-state index contributed by atoms with van der Waals surface area (Å²) >= 11 is 0. The summed E-state index contributed by atoms with van der Waals surface area (Å²) in [5.74, 6) is -3.14. The van der Waals surface area contributed by atoms with Crippen LogP contribution in [0.3, 0.4) is 0 Å². The Labute approximate surface area is 253 Å². The number of ether oxygens (including phenoxy) is 2. The number of fused-ring (bicyclic) bond motifs is 2. The van der Waals surface area contributed by atoms with E-state index in [1.807, 2.05) is 93.6 Å². The number of esters is 1. The Morgan fingerprint density at radius 1 is 0.930 bits per heavy atom. The molecule has 0 bridgehead atoms. The molecule has 8 nitrogen and oxygen atoms in total. The smallest absolute Gasteiger partial charge is 0.313 e. The van der Waals surface area contributed by atoms with E-state index in [0.29, 0.717) is 12.0 Å². The van der Waals surface area contributed by atoms with Gasteiger partial charge in [0.15, 0.2) is 0 Å². The fourth-order valence-electron chi connectivity index (χ4n) is 7.77. The van der Waals surface area contributed by atoms with Crippen LogP contribution in [0, 0.1) is 25.7 Å². The molecular weight excluding hydrogens is 544 g/mol. The van der Waals surface area contributed by atoms with Gasteiger partial charge in [0, 0.05) is 12.2 Å². The number of aryl methyl sites for hydroxylation is 2. The van der Waals surface area contributed by atoms with Crippen LogP contribution < -0.4 is 4.90 Å². The topological polar surface area (TPSA) is 96.4 Å². The van der Waals surface area contributed by atoms with Crippen LogP contribution >= 0.6 is 0 Å². The van der Waals surface area contributed by atoms with E-state index >= 15 is 0 Å². The average Bonchev–Trinajstić information content (AvgIpc) is 3.36. The highest BCUT2D eigenvalue weighted by atomic mass is 16.6. The molecule has 0 saturated carbocycles. The summed E-state index contributed by atoms with van der Waals surface area (Å²) in [6.07, 6.45) is 10.5. The van der Waals surface area contributed by atoms with Crippen LogP contribution in [0.15, 0.2) is 72.8 Å². The maximum atomic E-state index is 15.0. The quantitative estimate of drug-likeness (QED) is 0.408. The van der Waals surface area contributed by atoms with Crippen molar-refractivity contribution in [1.82, 2.24) is 4.90 Å². The van der Waals surface area contributed by atoms with Gasteiger partial charge in [-0.15, -0.1) is 0 Å². The molecule has 2 aromatic carbocycles. The second kappa shape index (κ2) is 11.4. The molecule has 0 aliphatic carbocycles. The lowest BCUT2D eigenvalue weighted by atomic mass is 9.73. The Kier molecular flexibility index (Phi) is 7.77. The molecule has 226 valence electrons. The fraction of sp³-hybridized carbons (Fsp3) is 0.457. The maximum absolute atomic E-state index is 15.0. The standard InChI is InChI=1S/C35H40N2O6/c1-4-34-18-10-5-6-11-21-42-33(41)28(34)27-31(39)37(26(22-38)25-16-8-7-9-17-25)30-32(40)36(20-13-19-35(27,30)43-34)29-23(2)14-12-15-24(29)3/h7-10,12-19,26-28,30,38H,4-6,11,20-22H2,1-3H3/b18-10-/t26-,27+,28-,30?,34+,35+/m1/s1. The number of anilines is 1. The lowest BCUT2D eigenvalue weighted by Crippen LogP contribution is -2.57. The van der Waals surface area contributed by atoms with Crippen molar-refractivity contribution >= 4 is 23.5 Å². The number of para-hydroxylation sites is 1. The largest absolute Gasteiger partial charge is 0.465 e. The number of hydrogen-bond donors (Lipinski definition) is 1. The van der Waals surface area contributed by atoms with Crippen molar-refractivity contribution in [2.45, 2.75) is 69.7 Å². The Bertz CT molecular complexity index is 1450. The van der Waals surface area contributed by atoms with E-state index in [2.05, 4.69) is 0 Å². The van der Waals surface area contributed by atoms with E-state index in [-0.39, 0.29) is 19.1 Å². The van der Waals surface area contributed by atoms with E-state index in [1.165, 1.54) is 4.90 Å². The normalized spacial score (nSPS) is 32.0. The molecule has 8 heteroatoms. The predicted molar refractivity (Wildman–Crippen MR) is 162 cm³/mol. The first kappa shape index (κ1) is 29.3. The van der Waals surface area contributed by atoms with E-state index in [0.717, 1.165) is 36.1 Å². The number of allylic oxidation sites excluding steroid dienone is 1. The lowest BCUT2D eigenvalue weighted by molar-refractivity contribution is -0.161. The molecule has 4 heterocycles. The van der Waals surface area contributed by atoms with E-state index in [4.69, 9.17) is 9.47 Å². The number of carbonyl (C=O) groups excluding carboxylic acids is 3. The van der Waals surface area contributed by atoms with E-state index < -0.39 is 53.6 Å². The van der Waals surface area contributed by atoms with Gasteiger partial charge in [-0.25, -0.2) is 0 Å². The third-order valence-corrected chi connectivity index (χ3v) is 9.72. The first-order chi connectivity index (χ1) is 20.8. The number of rotatable bonds is 5. The molecule has 0 radical (unpaired) electrons. The van der Waals surface area contributed by atoms with E-state index in [9.17, 15) is 19.5 Å². The number of aliphatic hydroxyl groups is 1. The zero-order valence-electron chi connectivity index (χ0n) is 25.1. The van der Waals surface area contributed by atoms with Crippen molar-refractivity contribution < 1.29 is 29.0 Å². The zero-order valence-corrected chi connectivity index (χ0v) is 25.1. The highest BCUT2D eigenvalue weighted by Crippen LogP contribution is 2.59. The van der Waals surface area contributed by atoms with Crippen LogP contribution in [0.25, 0.3) is 0 Å². The lowest BCUT2D eigenvalue weighted by Gasteiger charge is -2.41. The molecular formula is C35H40N2O6. The fourth-order valence-corrected chi connectivity index (χ4v) is 7.77. The van der Waals surface area contributed by atoms with Gasteiger partial charge in [-0.2, -0.15) is 0 Å². The van der Waals surface area contributed by atoms with Gasteiger partial charge in [0.05, 0.1) is 25.2 Å². The van der Waals surface area contributed by atoms with Crippen LogP contribution in [-0.2, 0) is 23.9 Å². The van der Waals surface area contributed by atoms with Crippen molar-refractivity contribution in [3.8, 4) is 0 Å². The second-order valence-electron chi connectivity index (χ2n) is 12.1. The minimum Gasteiger partial charge on any atom is -0.465 e. The third-order valence-electron chi connectivity index (χ3n) is 9.72. The Morgan fingerprint density at radius 2 is 1.67 bits per heavy atom. The molecule has 43 heavy (non-hydrogen) atoms. The number of benzene rings is 2. The van der Waals surface area contributed by atoms with Gasteiger partial charge < -0.3 is 24.4 Å². The molecule has 0 aromatic heterocycles. The predicted octanol–water partition coefficient (Wildman–Crippen LogP) is 4.58. The SMILES string of the molecule is CC[C@]12/C=C\CCCCOC(=O)[C@H]1[C@H]1C(=O)N([C@H](CO)c3ccccc3)C3C(=O)N(c4c(C)cccc4C)CC=C[C@@]31O2. The van der Waals surface area contributed by atoms with Gasteiger partial charge in [0.2, 0.25) is 5.91 Å². The third kappa shape index (κ3) is 4.54. The highest BCUT2D eigenvalue weighted by molar-refractivity contribution is 6.06. The van der Waals surface area contributed by atoms with Gasteiger partial charge in [-0.3, -0.25) is 14.4 Å². The van der Waals surface area contributed by atoms with Gasteiger partial charge >= 0.3 is 5.97 Å². The summed E-state index contributed by atoms with van der Waals surface area (Å²) < 4.78 is 12.9. The van der Waals surface area contributed by atoms with Crippen LogP contribution in [0.4, 0.5) is 5.69 Å². The Hall–Kier alpha value is -3.75. The van der Waals surface area contributed by atoms with Crippen LogP contribution in [0.1, 0.15) is 55.3 Å². The Morgan fingerprint density at radius 3 is 2.37 bits per heavy atom. The number of likely N-dealkylation sites (tertiary alicyclic amines) is 1. The van der Waals surface area contributed by atoms with Crippen LogP contribution in [0.2, 0.25) is 0 Å². The molecule has 6 rings (SSSR count). The summed E-state index contributed by atoms with van der Waals surface area (Å²) in [6.45, 7) is 6.02. The minimum absolute atomic E-state index is 0.266. The molecule has 2 saturated heterocycles. The molecule has 2 fully saturated rings. The average molecular weight is 585 g/mol. The van der Waals surface area contributed by atoms with Gasteiger partial charge in [0.1, 0.15) is 23.2 Å². The summed E-state index contributed by atoms with van der Waals surface area (Å²) in [4.78, 5) is 47.0. The molecule has 1 N–H and O–H groups in total. The molecule has 4 aliphatic rings. The molecule has 6 atom stereocenters. The number of nitrogens with zero attached hydrogens (tertiary/aromatic N) is 2. The highest BCUT2D eigenvalue weighted by Gasteiger charge is 2.76. The second-order valence-corrected chi connectivity index (χ2v) is 12.1. The summed E-state index contributed by atoms with van der Waals surface area (Å²) in [5, 5.41) is 10.8. The number of cyclic esters (lactones) is 1. The van der Waals surface area contributed by atoms with Crippen LogP contribution in [0.5, 0.6) is 0 Å². The van der Waals surface area contributed by atoms with Gasteiger partial charge in [-0.05, 0) is 56.2 Å². The first-order valence-corrected chi connectivity index (χ1v) is 15.4. The minimum atomic E-state index is -1.44. The summed E-state index contributed by atoms with van der Waals surface area (Å²) in [5.41, 5.74) is 0.781. The van der Waals surface area contributed by atoms with Gasteiger partial charge in [-0.1, -0.05) is 79.8 Å². The molecule has 1 unspecified atom stereocenters. The number of carbonyl (C=O) groups is 3. The molecule has 2 amide bonds. The summed E-state index contributed by atoms with van der Waals surface area (Å²) in [6, 6.07) is 13.2. The van der Waals surface area contributed by atoms with E-state index in [1.54, 1.807) is 4.90 Å². The van der Waals surface area contributed by atoms with Crippen LogP contribution in [-0.4, -0.2) is 64.8 Å². The summed E-state index contributed by atoms with van der Waals surface area (Å²) in [7, 11) is 0. The van der Waals surface area contributed by atoms with Crippen molar-refractivity contribution in [3.63, 3.8) is 0 Å². The zero-order chi connectivity index (χ0) is 30.4. The van der Waals surface area contributed by atoms with Crippen molar-refractivity contribution in [2.75, 3.05) is 24.7 Å². The number of hydrogen-bond acceptors (Lipinski definition) is 6. The number of aliphatic hydroxyl groups excluding tert-OH is 1. The Balaban J connectivity index is 1.57. The van der Waals surface area contributed by atoms with Crippen molar-refractivity contribution in [3.05, 3.63) is 89.5 Å². The maximum Gasteiger partial charge on any atom is 0.313 e. The monoisotopic (exact) mass is 584 g/mol. The van der Waals surface area contributed by atoms with Gasteiger partial charge in [0.25, 0.3) is 5.91 Å².